The third-order valence-corrected chi connectivity index (χ3v) is 9.12. The van der Waals surface area contributed by atoms with Crippen LogP contribution in [0.2, 0.25) is 0 Å². The number of nitrogens with zero attached hydrogens (tertiary/aromatic N) is 3. The van der Waals surface area contributed by atoms with Gasteiger partial charge in [0.15, 0.2) is 11.8 Å². The molecule has 47 heavy (non-hydrogen) atoms. The van der Waals surface area contributed by atoms with Crippen LogP contribution in [0.1, 0.15) is 80.9 Å². The standard InChI is InChI=1S/C39H41N3O5/c1-23-19-33-30-21-29(23)36-35(37(38(43)44)47-39(3,4)5)24(2)40-34-22-31(41-42(34)36)27-13-10-12-26(20-27)28-14-6-7-15-32(28)45-17-9-8-11-25(30)16-18-46-33/h6-7,10,12-15,19-22,25,37H,8-9,11,16-18H2,1-5H3,(H,43,44)/t25-,37-/m0/s1. The fourth-order valence-corrected chi connectivity index (χ4v) is 6.95. The third-order valence-electron chi connectivity index (χ3n) is 9.12. The Morgan fingerprint density at radius 3 is 2.51 bits per heavy atom. The summed E-state index contributed by atoms with van der Waals surface area (Å²) in [4.78, 5) is 17.9. The lowest BCUT2D eigenvalue weighted by molar-refractivity contribution is -0.160. The summed E-state index contributed by atoms with van der Waals surface area (Å²) in [5.74, 6) is 0.988. The second-order valence-corrected chi connectivity index (χ2v) is 13.7. The molecule has 0 unspecified atom stereocenters. The maximum absolute atomic E-state index is 13.0. The largest absolute Gasteiger partial charge is 0.493 e. The van der Waals surface area contributed by atoms with Crippen LogP contribution in [0, 0.1) is 13.8 Å². The Morgan fingerprint density at radius 2 is 1.70 bits per heavy atom. The van der Waals surface area contributed by atoms with Gasteiger partial charge in [-0.2, -0.15) is 5.10 Å². The molecule has 0 saturated carbocycles. The number of carbonyl (C=O) groups is 1. The summed E-state index contributed by atoms with van der Waals surface area (Å²) in [7, 11) is 0. The first-order valence-electron chi connectivity index (χ1n) is 16.5. The molecule has 7 rings (SSSR count). The minimum absolute atomic E-state index is 0.306. The van der Waals surface area contributed by atoms with Crippen LogP contribution in [0.5, 0.6) is 11.5 Å². The summed E-state index contributed by atoms with van der Waals surface area (Å²) in [5, 5.41) is 15.7. The van der Waals surface area contributed by atoms with Gasteiger partial charge in [0.25, 0.3) is 0 Å². The Kier molecular flexibility index (Phi) is 8.00. The highest BCUT2D eigenvalue weighted by atomic mass is 16.5. The van der Waals surface area contributed by atoms with Crippen LogP contribution in [-0.2, 0) is 9.53 Å². The van der Waals surface area contributed by atoms with E-state index in [9.17, 15) is 9.90 Å². The molecule has 8 nitrogen and oxygen atoms in total. The van der Waals surface area contributed by atoms with E-state index in [1.165, 1.54) is 0 Å². The molecular weight excluding hydrogens is 590 g/mol. The molecule has 242 valence electrons. The highest BCUT2D eigenvalue weighted by Crippen LogP contribution is 2.44. The zero-order valence-electron chi connectivity index (χ0n) is 27.7. The van der Waals surface area contributed by atoms with Gasteiger partial charge in [-0.1, -0.05) is 36.4 Å². The molecule has 0 spiro atoms. The first kappa shape index (κ1) is 30.9. The Balaban J connectivity index is 1.52. The maximum atomic E-state index is 13.0. The summed E-state index contributed by atoms with van der Waals surface area (Å²) in [6.07, 6.45) is 2.61. The van der Waals surface area contributed by atoms with Crippen LogP contribution in [0.3, 0.4) is 0 Å². The fraction of sp³-hybridized carbons (Fsp3) is 0.359. The van der Waals surface area contributed by atoms with Gasteiger partial charge in [0, 0.05) is 34.0 Å². The lowest BCUT2D eigenvalue weighted by atomic mass is 9.85. The van der Waals surface area contributed by atoms with Gasteiger partial charge in [-0.15, -0.1) is 0 Å². The number of aryl methyl sites for hydroxylation is 2. The minimum Gasteiger partial charge on any atom is -0.493 e. The lowest BCUT2D eigenvalue weighted by Gasteiger charge is -2.30. The van der Waals surface area contributed by atoms with Crippen LogP contribution in [0.4, 0.5) is 0 Å². The molecule has 5 aromatic rings. The van der Waals surface area contributed by atoms with Gasteiger partial charge < -0.3 is 19.3 Å². The van der Waals surface area contributed by atoms with E-state index in [-0.39, 0.29) is 0 Å². The predicted molar refractivity (Wildman–Crippen MR) is 182 cm³/mol. The number of fused-ring (bicyclic) bond motifs is 8. The van der Waals surface area contributed by atoms with E-state index < -0.39 is 17.7 Å². The molecular formula is C39H41N3O5. The van der Waals surface area contributed by atoms with Crippen LogP contribution in [-0.4, -0.2) is 44.5 Å². The first-order valence-corrected chi connectivity index (χ1v) is 16.5. The van der Waals surface area contributed by atoms with Crippen LogP contribution < -0.4 is 9.47 Å². The van der Waals surface area contributed by atoms with Crippen molar-refractivity contribution in [2.75, 3.05) is 13.2 Å². The molecule has 2 aliphatic heterocycles. The molecule has 0 saturated heterocycles. The minimum atomic E-state index is -1.25. The van der Waals surface area contributed by atoms with Gasteiger partial charge in [0.2, 0.25) is 0 Å². The average molecular weight is 632 g/mol. The second kappa shape index (κ2) is 12.2. The van der Waals surface area contributed by atoms with Gasteiger partial charge in [0.1, 0.15) is 11.5 Å². The number of benzene rings is 3. The Labute approximate surface area is 275 Å². The van der Waals surface area contributed by atoms with Crippen molar-refractivity contribution in [2.24, 2.45) is 0 Å². The van der Waals surface area contributed by atoms with E-state index in [4.69, 9.17) is 24.3 Å². The molecule has 2 aliphatic rings. The molecule has 1 N–H and O–H groups in total. The Morgan fingerprint density at radius 1 is 0.915 bits per heavy atom. The average Bonchev–Trinajstić information content (AvgIpc) is 3.46. The number of aliphatic carboxylic acids is 1. The smallest absolute Gasteiger partial charge is 0.337 e. The number of rotatable bonds is 3. The van der Waals surface area contributed by atoms with Gasteiger partial charge in [-0.05, 0) is 107 Å². The van der Waals surface area contributed by atoms with E-state index in [0.29, 0.717) is 41.7 Å². The summed E-state index contributed by atoms with van der Waals surface area (Å²) in [6, 6.07) is 22.7. The number of carboxylic acids is 1. The summed E-state index contributed by atoms with van der Waals surface area (Å²) >= 11 is 0. The Hall–Kier alpha value is -4.69. The zero-order chi connectivity index (χ0) is 32.9. The lowest BCUT2D eigenvalue weighted by Crippen LogP contribution is -2.29. The van der Waals surface area contributed by atoms with Crippen molar-refractivity contribution in [2.45, 2.75) is 77.9 Å². The van der Waals surface area contributed by atoms with Crippen molar-refractivity contribution in [1.29, 1.82) is 0 Å². The number of ether oxygens (including phenoxy) is 3. The van der Waals surface area contributed by atoms with E-state index in [1.807, 2.05) is 71.0 Å². The van der Waals surface area contributed by atoms with E-state index in [2.05, 4.69) is 30.3 Å². The van der Waals surface area contributed by atoms with Gasteiger partial charge in [-0.3, -0.25) is 0 Å². The number of hydrogen-bond donors (Lipinski definition) is 1. The molecule has 4 heterocycles. The monoisotopic (exact) mass is 631 g/mol. The van der Waals surface area contributed by atoms with E-state index >= 15 is 0 Å². The van der Waals surface area contributed by atoms with Crippen LogP contribution >= 0.6 is 0 Å². The number of aromatic nitrogens is 3. The highest BCUT2D eigenvalue weighted by molar-refractivity contribution is 5.83. The van der Waals surface area contributed by atoms with Crippen molar-refractivity contribution in [3.05, 3.63) is 89.1 Å². The SMILES string of the molecule is Cc1cc2c3cc1-c1c([C@H](OC(C)(C)C)C(=O)O)c(C)nc4cc(nn14)-c1cccc(c1)-c1ccccc1OCCCC[C@H]3CCO2. The van der Waals surface area contributed by atoms with Crippen LogP contribution in [0.25, 0.3) is 39.3 Å². The van der Waals surface area contributed by atoms with Gasteiger partial charge >= 0.3 is 5.97 Å². The first-order chi connectivity index (χ1) is 22.6. The van der Waals surface area contributed by atoms with Crippen molar-refractivity contribution in [1.82, 2.24) is 14.6 Å². The summed E-state index contributed by atoms with van der Waals surface area (Å²) in [5.41, 5.74) is 8.40. The third kappa shape index (κ3) is 5.98. The normalized spacial score (nSPS) is 16.8. The van der Waals surface area contributed by atoms with E-state index in [0.717, 1.165) is 76.3 Å². The molecule has 3 aromatic carbocycles. The molecule has 6 bridgehead atoms. The molecule has 0 aliphatic carbocycles. The molecule has 0 radical (unpaired) electrons. The summed E-state index contributed by atoms with van der Waals surface area (Å²) in [6.45, 7) is 10.8. The quantitative estimate of drug-likeness (QED) is 0.213. The molecule has 2 atom stereocenters. The highest BCUT2D eigenvalue weighted by Gasteiger charge is 2.34. The van der Waals surface area contributed by atoms with Crippen LogP contribution in [0.15, 0.2) is 66.7 Å². The van der Waals surface area contributed by atoms with Crippen molar-refractivity contribution in [3.63, 3.8) is 0 Å². The number of carboxylic acid groups (broad SMARTS) is 1. The van der Waals surface area contributed by atoms with Crippen molar-refractivity contribution in [3.8, 4) is 45.1 Å². The van der Waals surface area contributed by atoms with Gasteiger partial charge in [-0.25, -0.2) is 14.3 Å². The fourth-order valence-electron chi connectivity index (χ4n) is 6.95. The molecule has 0 fully saturated rings. The molecule has 8 heteroatoms. The predicted octanol–water partition coefficient (Wildman–Crippen LogP) is 8.72. The van der Waals surface area contributed by atoms with Crippen molar-refractivity contribution < 1.29 is 24.1 Å². The Bertz CT molecular complexity index is 1990. The van der Waals surface area contributed by atoms with Gasteiger partial charge in [0.05, 0.1) is 30.2 Å². The number of hydrogen-bond acceptors (Lipinski definition) is 6. The number of para-hydroxylation sites is 1. The van der Waals surface area contributed by atoms with Crippen molar-refractivity contribution >= 4 is 11.6 Å². The topological polar surface area (TPSA) is 95.2 Å². The zero-order valence-corrected chi connectivity index (χ0v) is 27.7. The molecule has 0 amide bonds. The second-order valence-electron chi connectivity index (χ2n) is 13.7. The maximum Gasteiger partial charge on any atom is 0.337 e. The summed E-state index contributed by atoms with van der Waals surface area (Å²) < 4.78 is 20.6. The van der Waals surface area contributed by atoms with E-state index in [1.54, 1.807) is 4.52 Å². The molecule has 2 aromatic heterocycles.